The number of piperidine rings is 1. The predicted molar refractivity (Wildman–Crippen MR) is 137 cm³/mol. The topological polar surface area (TPSA) is 101 Å². The zero-order valence-corrected chi connectivity index (χ0v) is 23.1. The van der Waals surface area contributed by atoms with E-state index < -0.39 is 5.97 Å². The van der Waals surface area contributed by atoms with Gasteiger partial charge in [-0.2, -0.15) is 0 Å². The second kappa shape index (κ2) is 9.73. The number of amides is 1. The summed E-state index contributed by atoms with van der Waals surface area (Å²) >= 11 is 13.4. The minimum Gasteiger partial charge on any atom is -0.544 e. The minimum atomic E-state index is -1.23. The van der Waals surface area contributed by atoms with E-state index in [1.54, 1.807) is 6.92 Å². The summed E-state index contributed by atoms with van der Waals surface area (Å²) in [6, 6.07) is 7.90. The number of hydrogen-bond donors (Lipinski definition) is 2. The number of carbonyl (C=O) groups is 2. The number of nitrogens with zero attached hydrogens (tertiary/aromatic N) is 2. The molecule has 2 aliphatic rings. The van der Waals surface area contributed by atoms with Crippen LogP contribution in [0.15, 0.2) is 24.3 Å². The normalized spacial score (nSPS) is 20.6. The Hall–Kier alpha value is -1.95. The molecule has 0 bridgehead atoms. The van der Waals surface area contributed by atoms with E-state index in [0.717, 1.165) is 22.5 Å². The summed E-state index contributed by atoms with van der Waals surface area (Å²) in [6.07, 6.45) is 0. The largest absolute Gasteiger partial charge is 1.00 e. The van der Waals surface area contributed by atoms with Crippen LogP contribution in [0.5, 0.6) is 0 Å². The molecule has 0 unspecified atom stereocenters. The standard InChI is InChI=1S/C25H26Cl2N4O3S.Li/c1-11-16(26)17(27)20(28-11)22(32)29-19-14-9-31(10-15(14)19)24-30-18(21(35-24)23(33)34)12-5-7-13(8-6-12)25(2,3)4;/h5-8,14-15,19,28H,9-10H2,1-4H3,(H,29,32)(H,33,34);/q;+1/p-1/t14-,15+,19-;. The maximum absolute atomic E-state index is 12.6. The summed E-state index contributed by atoms with van der Waals surface area (Å²) in [5.74, 6) is -0.955. The number of aromatic nitrogens is 2. The van der Waals surface area contributed by atoms with E-state index in [1.165, 1.54) is 0 Å². The molecular weight excluding hydrogens is 514 g/mol. The van der Waals surface area contributed by atoms with E-state index in [4.69, 9.17) is 23.2 Å². The van der Waals surface area contributed by atoms with Crippen LogP contribution in [-0.2, 0) is 5.41 Å². The van der Waals surface area contributed by atoms with Crippen molar-refractivity contribution in [2.24, 2.45) is 11.8 Å². The van der Waals surface area contributed by atoms with E-state index in [1.807, 2.05) is 24.3 Å². The molecule has 3 aromatic rings. The first-order valence-electron chi connectivity index (χ1n) is 11.4. The Balaban J connectivity index is 0.00000304. The molecule has 0 radical (unpaired) electrons. The molecule has 2 fully saturated rings. The summed E-state index contributed by atoms with van der Waals surface area (Å²) in [7, 11) is 0. The van der Waals surface area contributed by atoms with Crippen LogP contribution in [-0.4, -0.2) is 41.0 Å². The van der Waals surface area contributed by atoms with Crippen molar-refractivity contribution >= 4 is 51.5 Å². The maximum Gasteiger partial charge on any atom is 1.00 e. The van der Waals surface area contributed by atoms with Gasteiger partial charge in [-0.1, -0.05) is 79.6 Å². The molecule has 1 saturated heterocycles. The summed E-state index contributed by atoms with van der Waals surface area (Å²) in [5, 5.41) is 16.1. The van der Waals surface area contributed by atoms with Crippen LogP contribution in [0, 0.1) is 18.8 Å². The molecule has 11 heteroatoms. The van der Waals surface area contributed by atoms with Crippen LogP contribution in [0.2, 0.25) is 10.0 Å². The van der Waals surface area contributed by atoms with Gasteiger partial charge in [0.2, 0.25) is 0 Å². The Morgan fingerprint density at radius 2 is 1.75 bits per heavy atom. The van der Waals surface area contributed by atoms with Crippen molar-refractivity contribution in [1.29, 1.82) is 0 Å². The Kier molecular flexibility index (Phi) is 7.33. The van der Waals surface area contributed by atoms with E-state index in [0.29, 0.717) is 34.6 Å². The first-order valence-corrected chi connectivity index (χ1v) is 13.0. The first kappa shape index (κ1) is 27.1. The van der Waals surface area contributed by atoms with Gasteiger partial charge in [-0.3, -0.25) is 4.79 Å². The predicted octanol–water partition coefficient (Wildman–Crippen LogP) is 1.28. The monoisotopic (exact) mass is 538 g/mol. The number of nitrogens with one attached hydrogen (secondary N) is 2. The van der Waals surface area contributed by atoms with Crippen LogP contribution >= 0.6 is 34.5 Å². The van der Waals surface area contributed by atoms with Gasteiger partial charge in [0.05, 0.1) is 26.6 Å². The molecule has 184 valence electrons. The van der Waals surface area contributed by atoms with Crippen molar-refractivity contribution < 1.29 is 33.6 Å². The molecule has 3 heterocycles. The molecule has 1 saturated carbocycles. The average molecular weight is 539 g/mol. The molecule has 7 nitrogen and oxygen atoms in total. The Bertz CT molecular complexity index is 1320. The van der Waals surface area contributed by atoms with Crippen molar-refractivity contribution in [3.05, 3.63) is 56.1 Å². The van der Waals surface area contributed by atoms with Crippen LogP contribution < -0.4 is 34.2 Å². The van der Waals surface area contributed by atoms with Crippen LogP contribution in [0.3, 0.4) is 0 Å². The number of carbonyl (C=O) groups excluding carboxylic acids is 2. The summed E-state index contributed by atoms with van der Waals surface area (Å²) in [4.78, 5) is 34.3. The number of aryl methyl sites for hydroxylation is 1. The van der Waals surface area contributed by atoms with Crippen molar-refractivity contribution in [2.45, 2.75) is 39.2 Å². The molecule has 0 spiro atoms. The average Bonchev–Trinajstić information content (AvgIpc) is 3.19. The molecule has 3 atom stereocenters. The van der Waals surface area contributed by atoms with Gasteiger partial charge in [0, 0.05) is 42.2 Å². The van der Waals surface area contributed by atoms with Crippen molar-refractivity contribution in [2.75, 3.05) is 18.0 Å². The van der Waals surface area contributed by atoms with Gasteiger partial charge >= 0.3 is 18.9 Å². The quantitative estimate of drug-likeness (QED) is 0.476. The molecule has 1 aromatic carbocycles. The van der Waals surface area contributed by atoms with E-state index >= 15 is 0 Å². The van der Waals surface area contributed by atoms with Gasteiger partial charge < -0.3 is 25.1 Å². The fourth-order valence-electron chi connectivity index (χ4n) is 4.75. The third-order valence-corrected chi connectivity index (χ3v) is 8.91. The molecule has 36 heavy (non-hydrogen) atoms. The summed E-state index contributed by atoms with van der Waals surface area (Å²) in [6.45, 7) is 9.54. The van der Waals surface area contributed by atoms with E-state index in [9.17, 15) is 14.7 Å². The van der Waals surface area contributed by atoms with E-state index in [-0.39, 0.29) is 63.7 Å². The Morgan fingerprint density at radius 3 is 2.25 bits per heavy atom. The fraction of sp³-hybridized carbons (Fsp3) is 0.400. The van der Waals surface area contributed by atoms with E-state index in [2.05, 4.69) is 41.0 Å². The van der Waals surface area contributed by atoms with Gasteiger partial charge in [0.15, 0.2) is 5.13 Å². The number of fused-ring (bicyclic) bond motifs is 1. The number of hydrogen-bond acceptors (Lipinski definition) is 6. The Labute approximate surface area is 235 Å². The number of aromatic amines is 1. The number of H-pyrrole nitrogens is 1. The van der Waals surface area contributed by atoms with Gasteiger partial charge in [-0.15, -0.1) is 0 Å². The van der Waals surface area contributed by atoms with Crippen molar-refractivity contribution in [1.82, 2.24) is 15.3 Å². The third kappa shape index (κ3) is 4.82. The second-order valence-electron chi connectivity index (χ2n) is 10.3. The smallest absolute Gasteiger partial charge is 0.544 e. The molecule has 1 aliphatic carbocycles. The van der Waals surface area contributed by atoms with Gasteiger partial charge in [0.25, 0.3) is 5.91 Å². The minimum absolute atomic E-state index is 0. The van der Waals surface area contributed by atoms with Gasteiger partial charge in [-0.05, 0) is 17.9 Å². The van der Waals surface area contributed by atoms with Crippen molar-refractivity contribution in [3.8, 4) is 11.3 Å². The molecule has 1 amide bonds. The molecule has 5 rings (SSSR count). The number of halogens is 2. The van der Waals surface area contributed by atoms with Crippen LogP contribution in [0.25, 0.3) is 11.3 Å². The number of carboxylic acid groups (broad SMARTS) is 1. The first-order chi connectivity index (χ1) is 16.5. The second-order valence-corrected chi connectivity index (χ2v) is 12.0. The van der Waals surface area contributed by atoms with Gasteiger partial charge in [0.1, 0.15) is 5.69 Å². The number of carboxylic acids is 1. The van der Waals surface area contributed by atoms with Crippen LogP contribution in [0.1, 0.15) is 52.2 Å². The number of benzene rings is 1. The number of thiazole rings is 1. The fourth-order valence-corrected chi connectivity index (χ4v) is 6.11. The number of rotatable bonds is 5. The van der Waals surface area contributed by atoms with Crippen LogP contribution in [0.4, 0.5) is 5.13 Å². The number of anilines is 1. The molecule has 1 aliphatic heterocycles. The zero-order chi connectivity index (χ0) is 25.2. The molecule has 2 aromatic heterocycles. The molecule has 2 N–H and O–H groups in total. The summed E-state index contributed by atoms with van der Waals surface area (Å²) in [5.41, 5.74) is 3.29. The molecular formula is C25H25Cl2LiN4O3S. The zero-order valence-electron chi connectivity index (χ0n) is 20.7. The Morgan fingerprint density at radius 1 is 1.14 bits per heavy atom. The third-order valence-electron chi connectivity index (χ3n) is 6.87. The SMILES string of the molecule is Cc1[nH]c(C(=O)N[C@@H]2[C@@H]3CN(c4nc(-c5ccc(C(C)(C)C)cc5)c(C(=O)[O-])s4)C[C@@H]32)c(Cl)c1Cl.[Li+]. The summed E-state index contributed by atoms with van der Waals surface area (Å²) < 4.78 is 0. The number of aromatic carboxylic acids is 1. The van der Waals surface area contributed by atoms with Crippen molar-refractivity contribution in [3.63, 3.8) is 0 Å². The maximum atomic E-state index is 12.6. The van der Waals surface area contributed by atoms with Gasteiger partial charge in [-0.25, -0.2) is 4.98 Å².